The van der Waals surface area contributed by atoms with Gasteiger partial charge in [-0.2, -0.15) is 0 Å². The highest BCUT2D eigenvalue weighted by Gasteiger charge is 2.36. The number of fused-ring (bicyclic) bond motifs is 1. The number of carbonyl (C=O) groups is 2. The van der Waals surface area contributed by atoms with Gasteiger partial charge >= 0.3 is 12.0 Å². The van der Waals surface area contributed by atoms with Crippen molar-refractivity contribution < 1.29 is 24.2 Å². The number of methoxy groups -OCH3 is 1. The Bertz CT molecular complexity index is 1100. The number of nitrogens with zero attached hydrogens (tertiary/aromatic N) is 2. The zero-order valence-electron chi connectivity index (χ0n) is 22.2. The average molecular weight is 483 g/mol. The van der Waals surface area contributed by atoms with Gasteiger partial charge in [-0.25, -0.2) is 9.59 Å². The molecule has 1 aliphatic rings. The minimum absolute atomic E-state index is 0.0730. The standard InChI is InChI=1S/C28H38N2O5/c1-17-9-11-20(12-10-17)23-18(2)21-15-30(27(33)29(7)13-14-34-8)16-22(21)19(3)24(23)25(26(31)32)35-28(4,5)6/h9-12,25H,13-16H2,1-8H3,(H,31,32)/t25-/m0/s1. The van der Waals surface area contributed by atoms with Gasteiger partial charge in [-0.1, -0.05) is 29.8 Å². The first-order valence-electron chi connectivity index (χ1n) is 12.0. The van der Waals surface area contributed by atoms with E-state index in [1.165, 1.54) is 0 Å². The van der Waals surface area contributed by atoms with Crippen LogP contribution in [0.4, 0.5) is 4.79 Å². The van der Waals surface area contributed by atoms with Crippen molar-refractivity contribution in [1.29, 1.82) is 0 Å². The fourth-order valence-corrected chi connectivity index (χ4v) is 4.73. The van der Waals surface area contributed by atoms with Crippen LogP contribution >= 0.6 is 0 Å². The zero-order chi connectivity index (χ0) is 26.1. The first-order valence-corrected chi connectivity index (χ1v) is 12.0. The number of carboxylic acids is 1. The third-order valence-electron chi connectivity index (χ3n) is 6.54. The summed E-state index contributed by atoms with van der Waals surface area (Å²) in [6.07, 6.45) is -1.13. The van der Waals surface area contributed by atoms with Crippen LogP contribution in [0.3, 0.4) is 0 Å². The Kier molecular flexibility index (Phi) is 7.92. The molecule has 0 aliphatic carbocycles. The van der Waals surface area contributed by atoms with Crippen LogP contribution in [0.1, 0.15) is 60.3 Å². The van der Waals surface area contributed by atoms with Gasteiger partial charge in [0.2, 0.25) is 0 Å². The highest BCUT2D eigenvalue weighted by molar-refractivity contribution is 5.85. The average Bonchev–Trinajstić information content (AvgIpc) is 3.24. The summed E-state index contributed by atoms with van der Waals surface area (Å²) in [5.41, 5.74) is 6.90. The van der Waals surface area contributed by atoms with E-state index < -0.39 is 17.7 Å². The molecule has 1 aliphatic heterocycles. The third kappa shape index (κ3) is 5.68. The molecular weight excluding hydrogens is 444 g/mol. The largest absolute Gasteiger partial charge is 0.479 e. The Morgan fingerprint density at radius 2 is 1.63 bits per heavy atom. The van der Waals surface area contributed by atoms with Crippen LogP contribution < -0.4 is 0 Å². The van der Waals surface area contributed by atoms with Crippen molar-refractivity contribution in [3.8, 4) is 11.1 Å². The van der Waals surface area contributed by atoms with Crippen LogP contribution in [-0.2, 0) is 27.4 Å². The summed E-state index contributed by atoms with van der Waals surface area (Å²) in [7, 11) is 3.38. The summed E-state index contributed by atoms with van der Waals surface area (Å²) in [6.45, 7) is 13.5. The summed E-state index contributed by atoms with van der Waals surface area (Å²) in [5.74, 6) is -1.03. The van der Waals surface area contributed by atoms with Crippen molar-refractivity contribution in [2.45, 2.75) is 66.3 Å². The van der Waals surface area contributed by atoms with E-state index >= 15 is 0 Å². The van der Waals surface area contributed by atoms with E-state index in [-0.39, 0.29) is 6.03 Å². The molecule has 2 aromatic rings. The number of hydrogen-bond acceptors (Lipinski definition) is 4. The number of amides is 2. The van der Waals surface area contributed by atoms with E-state index in [2.05, 4.69) is 0 Å². The topological polar surface area (TPSA) is 79.3 Å². The van der Waals surface area contributed by atoms with Crippen molar-refractivity contribution in [2.24, 2.45) is 0 Å². The minimum Gasteiger partial charge on any atom is -0.479 e. The minimum atomic E-state index is -1.13. The van der Waals surface area contributed by atoms with E-state index in [1.54, 1.807) is 19.1 Å². The predicted octanol–water partition coefficient (Wildman–Crippen LogP) is 5.23. The van der Waals surface area contributed by atoms with Gasteiger partial charge in [0.25, 0.3) is 0 Å². The maximum Gasteiger partial charge on any atom is 0.337 e. The molecule has 1 heterocycles. The van der Waals surface area contributed by atoms with Gasteiger partial charge in [-0.3, -0.25) is 0 Å². The van der Waals surface area contributed by atoms with Gasteiger partial charge in [-0.15, -0.1) is 0 Å². The molecule has 0 bridgehead atoms. The summed E-state index contributed by atoms with van der Waals surface area (Å²) in [6, 6.07) is 8.04. The Morgan fingerprint density at radius 1 is 1.06 bits per heavy atom. The monoisotopic (exact) mass is 482 g/mol. The molecule has 7 heteroatoms. The molecule has 0 spiro atoms. The zero-order valence-corrected chi connectivity index (χ0v) is 22.2. The highest BCUT2D eigenvalue weighted by Crippen LogP contribution is 2.43. The lowest BCUT2D eigenvalue weighted by Crippen LogP contribution is -2.39. The first kappa shape index (κ1) is 26.7. The van der Waals surface area contributed by atoms with Crippen molar-refractivity contribution >= 4 is 12.0 Å². The van der Waals surface area contributed by atoms with Crippen LogP contribution in [-0.4, -0.2) is 59.8 Å². The van der Waals surface area contributed by atoms with Crippen molar-refractivity contribution in [2.75, 3.05) is 27.3 Å². The Morgan fingerprint density at radius 3 is 2.14 bits per heavy atom. The number of aliphatic carboxylic acids is 1. The number of carbonyl (C=O) groups excluding carboxylic acids is 1. The van der Waals surface area contributed by atoms with Crippen LogP contribution in [0.5, 0.6) is 0 Å². The smallest absolute Gasteiger partial charge is 0.337 e. The second kappa shape index (κ2) is 10.4. The maximum absolute atomic E-state index is 13.1. The van der Waals surface area contributed by atoms with Gasteiger partial charge < -0.3 is 24.4 Å². The molecule has 0 saturated carbocycles. The molecule has 2 amide bonds. The quantitative estimate of drug-likeness (QED) is 0.584. The summed E-state index contributed by atoms with van der Waals surface area (Å²) in [5, 5.41) is 10.3. The van der Waals surface area contributed by atoms with E-state index in [0.717, 1.165) is 38.9 Å². The van der Waals surface area contributed by atoms with Crippen molar-refractivity contribution in [1.82, 2.24) is 9.80 Å². The molecule has 3 rings (SSSR count). The molecule has 2 aromatic carbocycles. The third-order valence-corrected chi connectivity index (χ3v) is 6.54. The molecule has 190 valence electrons. The van der Waals surface area contributed by atoms with E-state index in [4.69, 9.17) is 9.47 Å². The molecule has 0 radical (unpaired) electrons. The Labute approximate surface area is 208 Å². The van der Waals surface area contributed by atoms with Crippen molar-refractivity contribution in [3.05, 3.63) is 57.6 Å². The summed E-state index contributed by atoms with van der Waals surface area (Å²) in [4.78, 5) is 29.1. The predicted molar refractivity (Wildman–Crippen MR) is 136 cm³/mol. The lowest BCUT2D eigenvalue weighted by molar-refractivity contribution is -0.160. The Hall–Kier alpha value is -2.90. The Balaban J connectivity index is 2.18. The van der Waals surface area contributed by atoms with Crippen LogP contribution in [0.15, 0.2) is 24.3 Å². The van der Waals surface area contributed by atoms with Gasteiger partial charge in [0.05, 0.1) is 12.2 Å². The fraction of sp³-hybridized carbons (Fsp3) is 0.500. The number of rotatable bonds is 7. The van der Waals surface area contributed by atoms with Crippen LogP contribution in [0, 0.1) is 20.8 Å². The molecule has 0 saturated heterocycles. The van der Waals surface area contributed by atoms with Gasteiger partial charge in [0, 0.05) is 39.4 Å². The van der Waals surface area contributed by atoms with E-state index in [9.17, 15) is 14.7 Å². The molecule has 0 fully saturated rings. The highest BCUT2D eigenvalue weighted by atomic mass is 16.5. The number of benzene rings is 2. The second-order valence-electron chi connectivity index (χ2n) is 10.4. The summed E-state index contributed by atoms with van der Waals surface area (Å²) < 4.78 is 11.2. The number of likely N-dealkylation sites (N-methyl/N-ethyl adjacent to an activating group) is 1. The van der Waals surface area contributed by atoms with Crippen LogP contribution in [0.25, 0.3) is 11.1 Å². The van der Waals surface area contributed by atoms with Crippen molar-refractivity contribution in [3.63, 3.8) is 0 Å². The molecule has 0 aromatic heterocycles. The number of carboxylic acid groups (broad SMARTS) is 1. The molecule has 7 nitrogen and oxygen atoms in total. The molecule has 1 atom stereocenters. The number of ether oxygens (including phenoxy) is 2. The molecular formula is C28H38N2O5. The molecule has 35 heavy (non-hydrogen) atoms. The number of hydrogen-bond donors (Lipinski definition) is 1. The van der Waals surface area contributed by atoms with Gasteiger partial charge in [-0.05, 0) is 74.9 Å². The lowest BCUT2D eigenvalue weighted by atomic mass is 9.83. The SMILES string of the molecule is COCCN(C)C(=O)N1Cc2c(C)c(-c3ccc(C)cc3)c([C@H](OC(C)(C)C)C(=O)O)c(C)c2C1. The second-order valence-corrected chi connectivity index (χ2v) is 10.4. The number of aryl methyl sites for hydroxylation is 1. The first-order chi connectivity index (χ1) is 16.4. The molecule has 1 N–H and O–H groups in total. The van der Waals surface area contributed by atoms with Crippen LogP contribution in [0.2, 0.25) is 0 Å². The van der Waals surface area contributed by atoms with E-state index in [0.29, 0.717) is 31.8 Å². The number of urea groups is 1. The van der Waals surface area contributed by atoms with Gasteiger partial charge in [0.15, 0.2) is 6.10 Å². The van der Waals surface area contributed by atoms with E-state index in [1.807, 2.05) is 70.7 Å². The van der Waals surface area contributed by atoms with Gasteiger partial charge in [0.1, 0.15) is 0 Å². The molecule has 0 unspecified atom stereocenters. The fourth-order valence-electron chi connectivity index (χ4n) is 4.73. The maximum atomic E-state index is 13.1. The summed E-state index contributed by atoms with van der Waals surface area (Å²) >= 11 is 0. The normalized spacial score (nSPS) is 14.1. The lowest BCUT2D eigenvalue weighted by Gasteiger charge is -2.29.